The highest BCUT2D eigenvalue weighted by Gasteiger charge is 2.36. The summed E-state index contributed by atoms with van der Waals surface area (Å²) in [5, 5.41) is 4.15. The van der Waals surface area contributed by atoms with Crippen LogP contribution in [0.2, 0.25) is 0 Å². The first kappa shape index (κ1) is 15.8. The van der Waals surface area contributed by atoms with E-state index < -0.39 is 5.54 Å². The van der Waals surface area contributed by atoms with E-state index >= 15 is 0 Å². The first-order valence-corrected chi connectivity index (χ1v) is 8.64. The highest BCUT2D eigenvalue weighted by Crippen LogP contribution is 2.35. The summed E-state index contributed by atoms with van der Waals surface area (Å²) in [6.45, 7) is 0.436. The lowest BCUT2D eigenvalue weighted by molar-refractivity contribution is 0.306. The molecule has 5 heteroatoms. The summed E-state index contributed by atoms with van der Waals surface area (Å²) >= 11 is 0. The minimum Gasteiger partial charge on any atom is -0.489 e. The monoisotopic (exact) mass is 335 g/mol. The average Bonchev–Trinajstić information content (AvgIpc) is 3.31. The lowest BCUT2D eigenvalue weighted by Gasteiger charge is -2.17. The Morgan fingerprint density at radius 3 is 2.52 bits per heavy atom. The Morgan fingerprint density at radius 1 is 1.00 bits per heavy atom. The van der Waals surface area contributed by atoms with E-state index in [1.807, 2.05) is 54.6 Å². The van der Waals surface area contributed by atoms with Crippen LogP contribution in [0.4, 0.5) is 0 Å². The van der Waals surface area contributed by atoms with Gasteiger partial charge in [-0.2, -0.15) is 4.98 Å². The van der Waals surface area contributed by atoms with Crippen molar-refractivity contribution in [3.63, 3.8) is 0 Å². The van der Waals surface area contributed by atoms with Gasteiger partial charge in [0.2, 0.25) is 0 Å². The van der Waals surface area contributed by atoms with Gasteiger partial charge in [-0.25, -0.2) is 0 Å². The van der Waals surface area contributed by atoms with E-state index in [1.54, 1.807) is 0 Å². The predicted octanol–water partition coefficient (Wildman–Crippen LogP) is 4.04. The van der Waals surface area contributed by atoms with Crippen LogP contribution in [0.25, 0.3) is 11.5 Å². The Hall–Kier alpha value is -2.66. The van der Waals surface area contributed by atoms with E-state index in [0.29, 0.717) is 18.3 Å². The highest BCUT2D eigenvalue weighted by atomic mass is 16.5. The van der Waals surface area contributed by atoms with Gasteiger partial charge in [0.25, 0.3) is 5.89 Å². The molecule has 1 aromatic heterocycles. The summed E-state index contributed by atoms with van der Waals surface area (Å²) in [6.07, 6.45) is 4.04. The fourth-order valence-corrected chi connectivity index (χ4v) is 3.30. The fourth-order valence-electron chi connectivity index (χ4n) is 3.30. The normalized spacial score (nSPS) is 16.0. The van der Waals surface area contributed by atoms with Gasteiger partial charge in [0.1, 0.15) is 12.4 Å². The molecule has 25 heavy (non-hydrogen) atoms. The summed E-state index contributed by atoms with van der Waals surface area (Å²) in [5.41, 5.74) is 7.87. The van der Waals surface area contributed by atoms with Crippen LogP contribution in [-0.2, 0) is 12.1 Å². The number of benzene rings is 2. The molecule has 0 saturated heterocycles. The SMILES string of the molecule is NC1(c2noc(-c3ccccc3COc3ccccc3)n2)CCCC1. The Morgan fingerprint density at radius 2 is 1.72 bits per heavy atom. The van der Waals surface area contributed by atoms with Crippen molar-refractivity contribution in [1.82, 2.24) is 10.1 Å². The second-order valence-corrected chi connectivity index (χ2v) is 6.55. The minimum atomic E-state index is -0.447. The van der Waals surface area contributed by atoms with Gasteiger partial charge < -0.3 is 15.0 Å². The molecule has 0 aliphatic heterocycles. The molecule has 1 heterocycles. The number of ether oxygens (including phenoxy) is 1. The van der Waals surface area contributed by atoms with E-state index in [2.05, 4.69) is 10.1 Å². The maximum absolute atomic E-state index is 6.43. The second kappa shape index (κ2) is 6.69. The van der Waals surface area contributed by atoms with Crippen LogP contribution >= 0.6 is 0 Å². The molecule has 2 N–H and O–H groups in total. The smallest absolute Gasteiger partial charge is 0.258 e. The van der Waals surface area contributed by atoms with Crippen molar-refractivity contribution in [1.29, 1.82) is 0 Å². The highest BCUT2D eigenvalue weighted by molar-refractivity contribution is 5.58. The van der Waals surface area contributed by atoms with Crippen LogP contribution in [0.15, 0.2) is 59.1 Å². The van der Waals surface area contributed by atoms with Gasteiger partial charge in [0, 0.05) is 11.1 Å². The summed E-state index contributed by atoms with van der Waals surface area (Å²) in [5.74, 6) is 1.94. The number of nitrogens with zero attached hydrogens (tertiary/aromatic N) is 2. The van der Waals surface area contributed by atoms with Crippen LogP contribution in [0.5, 0.6) is 5.75 Å². The van der Waals surface area contributed by atoms with Gasteiger partial charge in [-0.15, -0.1) is 0 Å². The summed E-state index contributed by atoms with van der Waals surface area (Å²) in [6, 6.07) is 17.7. The molecular weight excluding hydrogens is 314 g/mol. The van der Waals surface area contributed by atoms with Crippen LogP contribution in [-0.4, -0.2) is 10.1 Å². The molecule has 1 saturated carbocycles. The Labute approximate surface area is 146 Å². The van der Waals surface area contributed by atoms with Gasteiger partial charge in [0.05, 0.1) is 5.54 Å². The van der Waals surface area contributed by atoms with E-state index in [9.17, 15) is 0 Å². The molecular formula is C20H21N3O2. The fraction of sp³-hybridized carbons (Fsp3) is 0.300. The van der Waals surface area contributed by atoms with Crippen LogP contribution in [0.1, 0.15) is 37.1 Å². The summed E-state index contributed by atoms with van der Waals surface area (Å²) in [4.78, 5) is 4.59. The van der Waals surface area contributed by atoms with Crippen molar-refractivity contribution in [3.05, 3.63) is 66.0 Å². The zero-order valence-electron chi connectivity index (χ0n) is 14.0. The maximum Gasteiger partial charge on any atom is 0.258 e. The van der Waals surface area contributed by atoms with Crippen molar-refractivity contribution in [2.75, 3.05) is 0 Å². The quantitative estimate of drug-likeness (QED) is 0.761. The van der Waals surface area contributed by atoms with Gasteiger partial charge >= 0.3 is 0 Å². The Balaban J connectivity index is 1.58. The van der Waals surface area contributed by atoms with Crippen molar-refractivity contribution < 1.29 is 9.26 Å². The number of nitrogens with two attached hydrogens (primary N) is 1. The molecule has 3 aromatic rings. The molecule has 0 radical (unpaired) electrons. The number of hydrogen-bond acceptors (Lipinski definition) is 5. The Bertz CT molecular complexity index is 839. The molecule has 0 unspecified atom stereocenters. The molecule has 0 bridgehead atoms. The van der Waals surface area contributed by atoms with Gasteiger partial charge in [0.15, 0.2) is 5.82 Å². The molecule has 0 amide bonds. The zero-order valence-corrected chi connectivity index (χ0v) is 14.0. The van der Waals surface area contributed by atoms with Crippen LogP contribution < -0.4 is 10.5 Å². The summed E-state index contributed by atoms with van der Waals surface area (Å²) < 4.78 is 11.4. The van der Waals surface area contributed by atoms with E-state index in [4.69, 9.17) is 15.0 Å². The topological polar surface area (TPSA) is 74.2 Å². The largest absolute Gasteiger partial charge is 0.489 e. The van der Waals surface area contributed by atoms with Crippen molar-refractivity contribution in [3.8, 4) is 17.2 Å². The van der Waals surface area contributed by atoms with Gasteiger partial charge in [-0.05, 0) is 31.0 Å². The number of aromatic nitrogens is 2. The third-order valence-corrected chi connectivity index (χ3v) is 4.75. The first-order chi connectivity index (χ1) is 12.2. The predicted molar refractivity (Wildman–Crippen MR) is 94.8 cm³/mol. The van der Waals surface area contributed by atoms with Crippen LogP contribution in [0, 0.1) is 0 Å². The average molecular weight is 335 g/mol. The molecule has 5 nitrogen and oxygen atoms in total. The third kappa shape index (κ3) is 3.28. The summed E-state index contributed by atoms with van der Waals surface area (Å²) in [7, 11) is 0. The lowest BCUT2D eigenvalue weighted by atomic mass is 9.98. The third-order valence-electron chi connectivity index (χ3n) is 4.75. The van der Waals surface area contributed by atoms with Gasteiger partial charge in [-0.3, -0.25) is 0 Å². The lowest BCUT2D eigenvalue weighted by Crippen LogP contribution is -2.34. The Kier molecular flexibility index (Phi) is 4.24. The molecule has 1 fully saturated rings. The van der Waals surface area contributed by atoms with Crippen molar-refractivity contribution >= 4 is 0 Å². The molecule has 1 aliphatic carbocycles. The van der Waals surface area contributed by atoms with E-state index in [0.717, 1.165) is 42.6 Å². The van der Waals surface area contributed by atoms with E-state index in [1.165, 1.54) is 0 Å². The minimum absolute atomic E-state index is 0.436. The second-order valence-electron chi connectivity index (χ2n) is 6.55. The standard InChI is InChI=1S/C20H21N3O2/c21-20(12-6-7-13-20)19-22-18(25-23-19)17-11-5-4-8-15(17)14-24-16-9-2-1-3-10-16/h1-5,8-11H,6-7,12-14,21H2. The first-order valence-electron chi connectivity index (χ1n) is 8.64. The number of hydrogen-bond donors (Lipinski definition) is 1. The zero-order chi connectivity index (χ0) is 17.1. The maximum atomic E-state index is 6.43. The molecule has 0 spiro atoms. The van der Waals surface area contributed by atoms with Crippen LogP contribution in [0.3, 0.4) is 0 Å². The van der Waals surface area contributed by atoms with E-state index in [-0.39, 0.29) is 0 Å². The number of rotatable bonds is 5. The van der Waals surface area contributed by atoms with Crippen molar-refractivity contribution in [2.45, 2.75) is 37.8 Å². The molecule has 4 rings (SSSR count). The molecule has 128 valence electrons. The molecule has 0 atom stereocenters. The van der Waals surface area contributed by atoms with Crippen molar-refractivity contribution in [2.24, 2.45) is 5.73 Å². The molecule has 2 aromatic carbocycles. The molecule has 1 aliphatic rings. The number of para-hydroxylation sites is 1. The van der Waals surface area contributed by atoms with Gasteiger partial charge in [-0.1, -0.05) is 54.4 Å².